The van der Waals surface area contributed by atoms with Crippen LogP contribution >= 0.6 is 0 Å². The number of rotatable bonds is 5. The van der Waals surface area contributed by atoms with E-state index in [2.05, 4.69) is 5.32 Å². The van der Waals surface area contributed by atoms with E-state index in [0.717, 1.165) is 6.54 Å². The number of carbonyl (C=O) groups is 1. The van der Waals surface area contributed by atoms with Gasteiger partial charge in [0.05, 0.1) is 6.26 Å². The fraction of sp³-hybridized carbons (Fsp3) is 0.364. The molecule has 15 heavy (non-hydrogen) atoms. The number of nitrogens with zero attached hydrogens (tertiary/aromatic N) is 1. The van der Waals surface area contributed by atoms with E-state index in [1.165, 1.54) is 6.08 Å². The van der Waals surface area contributed by atoms with Crippen LogP contribution in [0.25, 0.3) is 6.08 Å². The van der Waals surface area contributed by atoms with E-state index in [-0.39, 0.29) is 5.91 Å². The minimum atomic E-state index is -0.0262. The lowest BCUT2D eigenvalue weighted by atomic mass is 10.3. The molecule has 0 bridgehead atoms. The number of carbonyl (C=O) groups excluding carboxylic acids is 1. The molecule has 82 valence electrons. The van der Waals surface area contributed by atoms with Crippen molar-refractivity contribution >= 4 is 12.0 Å². The van der Waals surface area contributed by atoms with Crippen LogP contribution in [0, 0.1) is 0 Å². The van der Waals surface area contributed by atoms with E-state index >= 15 is 0 Å². The molecule has 1 N–H and O–H groups in total. The number of amides is 1. The predicted molar refractivity (Wildman–Crippen MR) is 59.3 cm³/mol. The molecule has 0 aliphatic carbocycles. The summed E-state index contributed by atoms with van der Waals surface area (Å²) in [7, 11) is 3.63. The summed E-state index contributed by atoms with van der Waals surface area (Å²) in [6, 6.07) is 3.59. The van der Waals surface area contributed by atoms with E-state index in [4.69, 9.17) is 4.42 Å². The largest absolute Gasteiger partial charge is 0.465 e. The Bertz CT molecular complexity index is 317. The molecule has 0 aromatic carbocycles. The molecule has 1 aromatic heterocycles. The molecule has 0 aliphatic rings. The summed E-state index contributed by atoms with van der Waals surface area (Å²) in [5, 5.41) is 2.99. The van der Waals surface area contributed by atoms with E-state index in [1.807, 2.05) is 7.05 Å². The molecule has 0 aliphatic heterocycles. The molecular formula is C11H16N2O2. The first-order valence-corrected chi connectivity index (χ1v) is 4.85. The molecule has 0 spiro atoms. The van der Waals surface area contributed by atoms with Gasteiger partial charge in [-0.05, 0) is 25.3 Å². The van der Waals surface area contributed by atoms with Crippen molar-refractivity contribution in [2.75, 3.05) is 27.2 Å². The molecule has 0 fully saturated rings. The molecule has 0 atom stereocenters. The zero-order chi connectivity index (χ0) is 11.1. The van der Waals surface area contributed by atoms with Crippen LogP contribution in [-0.4, -0.2) is 38.0 Å². The monoisotopic (exact) mass is 208 g/mol. The molecule has 0 unspecified atom stereocenters. The zero-order valence-corrected chi connectivity index (χ0v) is 9.06. The van der Waals surface area contributed by atoms with Crippen LogP contribution in [0.15, 0.2) is 28.9 Å². The fourth-order valence-electron chi connectivity index (χ4n) is 1.06. The molecule has 1 aromatic rings. The topological polar surface area (TPSA) is 45.5 Å². The van der Waals surface area contributed by atoms with Gasteiger partial charge in [-0.25, -0.2) is 0 Å². The molecule has 1 heterocycles. The Morgan fingerprint density at radius 2 is 2.47 bits per heavy atom. The third kappa shape index (κ3) is 3.99. The van der Waals surface area contributed by atoms with Crippen LogP contribution in [0.5, 0.6) is 0 Å². The highest BCUT2D eigenvalue weighted by Crippen LogP contribution is 2.02. The molecule has 1 rings (SSSR count). The van der Waals surface area contributed by atoms with Crippen molar-refractivity contribution in [3.05, 3.63) is 30.2 Å². The molecule has 0 radical (unpaired) electrons. The maximum absolute atomic E-state index is 11.5. The predicted octanol–water partition coefficient (Wildman–Crippen LogP) is 0.971. The summed E-state index contributed by atoms with van der Waals surface area (Å²) in [6.45, 7) is 1.48. The molecule has 0 saturated heterocycles. The van der Waals surface area contributed by atoms with Gasteiger partial charge in [0.25, 0.3) is 0 Å². The van der Waals surface area contributed by atoms with Crippen molar-refractivity contribution in [2.45, 2.75) is 0 Å². The van der Waals surface area contributed by atoms with Gasteiger partial charge in [0.2, 0.25) is 5.91 Å². The van der Waals surface area contributed by atoms with Crippen LogP contribution in [-0.2, 0) is 4.79 Å². The summed E-state index contributed by atoms with van der Waals surface area (Å²) in [5.41, 5.74) is 0. The van der Waals surface area contributed by atoms with Crippen molar-refractivity contribution in [1.82, 2.24) is 10.2 Å². The summed E-state index contributed by atoms with van der Waals surface area (Å²) >= 11 is 0. The van der Waals surface area contributed by atoms with Gasteiger partial charge in [0.15, 0.2) is 0 Å². The minimum absolute atomic E-state index is 0.0262. The number of hydrogen-bond acceptors (Lipinski definition) is 3. The van der Waals surface area contributed by atoms with Gasteiger partial charge >= 0.3 is 0 Å². The van der Waals surface area contributed by atoms with Gasteiger partial charge in [0, 0.05) is 26.2 Å². The van der Waals surface area contributed by atoms with Gasteiger partial charge in [-0.15, -0.1) is 0 Å². The van der Waals surface area contributed by atoms with Gasteiger partial charge in [-0.3, -0.25) is 4.79 Å². The highest BCUT2D eigenvalue weighted by Gasteiger charge is 2.03. The standard InChI is InChI=1S/C11H16N2O2/c1-12-7-8-13(2)11(14)6-5-10-4-3-9-15-10/h3-6,9,12H,7-8H2,1-2H3. The first-order valence-electron chi connectivity index (χ1n) is 4.85. The highest BCUT2D eigenvalue weighted by atomic mass is 16.3. The van der Waals surface area contributed by atoms with E-state index < -0.39 is 0 Å². The minimum Gasteiger partial charge on any atom is -0.465 e. The second-order valence-corrected chi connectivity index (χ2v) is 3.21. The van der Waals surface area contributed by atoms with Crippen LogP contribution in [0.4, 0.5) is 0 Å². The smallest absolute Gasteiger partial charge is 0.246 e. The van der Waals surface area contributed by atoms with E-state index in [1.54, 1.807) is 36.4 Å². The molecular weight excluding hydrogens is 192 g/mol. The SMILES string of the molecule is CNCCN(C)C(=O)C=Cc1ccco1. The summed E-state index contributed by atoms with van der Waals surface area (Å²) in [4.78, 5) is 13.2. The fourth-order valence-corrected chi connectivity index (χ4v) is 1.06. The number of hydrogen-bond donors (Lipinski definition) is 1. The van der Waals surface area contributed by atoms with Gasteiger partial charge in [0.1, 0.15) is 5.76 Å². The van der Waals surface area contributed by atoms with E-state index in [0.29, 0.717) is 12.3 Å². The van der Waals surface area contributed by atoms with Crippen LogP contribution in [0.2, 0.25) is 0 Å². The van der Waals surface area contributed by atoms with Crippen molar-refractivity contribution in [3.63, 3.8) is 0 Å². The first kappa shape index (κ1) is 11.5. The Morgan fingerprint density at radius 1 is 1.67 bits per heavy atom. The Labute approximate surface area is 89.6 Å². The second-order valence-electron chi connectivity index (χ2n) is 3.21. The Balaban J connectivity index is 2.41. The van der Waals surface area contributed by atoms with Crippen LogP contribution < -0.4 is 5.32 Å². The third-order valence-corrected chi connectivity index (χ3v) is 2.01. The molecule has 1 amide bonds. The molecule has 4 heteroatoms. The summed E-state index contributed by atoms with van der Waals surface area (Å²) < 4.78 is 5.07. The zero-order valence-electron chi connectivity index (χ0n) is 9.06. The number of furan rings is 1. The average molecular weight is 208 g/mol. The second kappa shape index (κ2) is 6.03. The normalized spacial score (nSPS) is 10.8. The lowest BCUT2D eigenvalue weighted by molar-refractivity contribution is -0.124. The van der Waals surface area contributed by atoms with Crippen LogP contribution in [0.1, 0.15) is 5.76 Å². The Kier molecular flexibility index (Phi) is 4.63. The lowest BCUT2D eigenvalue weighted by Gasteiger charge is -2.13. The van der Waals surface area contributed by atoms with Crippen molar-refractivity contribution in [2.24, 2.45) is 0 Å². The average Bonchev–Trinajstić information content (AvgIpc) is 2.75. The van der Waals surface area contributed by atoms with Gasteiger partial charge < -0.3 is 14.6 Å². The van der Waals surface area contributed by atoms with Gasteiger partial charge in [-0.2, -0.15) is 0 Å². The highest BCUT2D eigenvalue weighted by molar-refractivity contribution is 5.91. The van der Waals surface area contributed by atoms with Gasteiger partial charge in [-0.1, -0.05) is 0 Å². The lowest BCUT2D eigenvalue weighted by Crippen LogP contribution is -2.31. The van der Waals surface area contributed by atoms with Crippen molar-refractivity contribution < 1.29 is 9.21 Å². The number of likely N-dealkylation sites (N-methyl/N-ethyl adjacent to an activating group) is 2. The Hall–Kier alpha value is -1.55. The number of nitrogens with one attached hydrogen (secondary N) is 1. The third-order valence-electron chi connectivity index (χ3n) is 2.01. The first-order chi connectivity index (χ1) is 7.24. The molecule has 4 nitrogen and oxygen atoms in total. The van der Waals surface area contributed by atoms with E-state index in [9.17, 15) is 4.79 Å². The Morgan fingerprint density at radius 3 is 3.07 bits per heavy atom. The van der Waals surface area contributed by atoms with Crippen molar-refractivity contribution in [3.8, 4) is 0 Å². The summed E-state index contributed by atoms with van der Waals surface area (Å²) in [5.74, 6) is 0.659. The summed E-state index contributed by atoms with van der Waals surface area (Å²) in [6.07, 6.45) is 4.75. The van der Waals surface area contributed by atoms with Crippen LogP contribution in [0.3, 0.4) is 0 Å². The van der Waals surface area contributed by atoms with Crippen molar-refractivity contribution in [1.29, 1.82) is 0 Å². The quantitative estimate of drug-likeness (QED) is 0.733. The maximum Gasteiger partial charge on any atom is 0.246 e. The molecule has 0 saturated carbocycles. The maximum atomic E-state index is 11.5.